The highest BCUT2D eigenvalue weighted by Crippen LogP contribution is 2.42. The molecule has 0 heterocycles. The summed E-state index contributed by atoms with van der Waals surface area (Å²) in [7, 11) is 0. The van der Waals surface area contributed by atoms with E-state index in [-0.39, 0.29) is 5.91 Å². The summed E-state index contributed by atoms with van der Waals surface area (Å²) in [5.74, 6) is 0.0143. The molecule has 2 aromatic rings. The van der Waals surface area contributed by atoms with Crippen LogP contribution in [0.2, 0.25) is 10.0 Å². The molecular weight excluding hydrogens is 317 g/mol. The zero-order chi connectivity index (χ0) is 15.6. The van der Waals surface area contributed by atoms with E-state index in [2.05, 4.69) is 5.32 Å². The summed E-state index contributed by atoms with van der Waals surface area (Å²) in [4.78, 5) is 13.0. The summed E-state index contributed by atoms with van der Waals surface area (Å²) >= 11 is 12.1. The zero-order valence-corrected chi connectivity index (χ0v) is 13.6. The topological polar surface area (TPSA) is 29.1 Å². The number of hydrogen-bond acceptors (Lipinski definition) is 1. The molecule has 0 aromatic heterocycles. The van der Waals surface area contributed by atoms with Gasteiger partial charge in [-0.25, -0.2) is 0 Å². The van der Waals surface area contributed by atoms with Gasteiger partial charge in [0.1, 0.15) is 0 Å². The monoisotopic (exact) mass is 333 g/mol. The molecule has 2 aromatic carbocycles. The fraction of sp³-hybridized carbons (Fsp3) is 0.278. The molecule has 0 bridgehead atoms. The fourth-order valence-corrected chi connectivity index (χ4v) is 3.67. The Labute approximate surface area is 140 Å². The van der Waals surface area contributed by atoms with Crippen LogP contribution in [-0.4, -0.2) is 5.91 Å². The first-order valence-electron chi connectivity index (χ1n) is 7.44. The van der Waals surface area contributed by atoms with Gasteiger partial charge in [-0.15, -0.1) is 0 Å². The van der Waals surface area contributed by atoms with E-state index in [9.17, 15) is 4.79 Å². The van der Waals surface area contributed by atoms with Crippen molar-refractivity contribution in [3.63, 3.8) is 0 Å². The van der Waals surface area contributed by atoms with Crippen LogP contribution < -0.4 is 5.32 Å². The maximum Gasteiger partial charge on any atom is 0.235 e. The molecule has 1 saturated carbocycles. The summed E-state index contributed by atoms with van der Waals surface area (Å²) in [6.07, 6.45) is 3.87. The molecule has 2 nitrogen and oxygen atoms in total. The fourth-order valence-electron chi connectivity index (χ4n) is 3.22. The quantitative estimate of drug-likeness (QED) is 0.795. The Kier molecular flexibility index (Phi) is 4.42. The van der Waals surface area contributed by atoms with Gasteiger partial charge in [-0.1, -0.05) is 66.4 Å². The largest absolute Gasteiger partial charge is 0.324 e. The SMILES string of the molecule is O=C(Nc1ccc(Cl)cc1Cl)C1(c2ccccc2)CCCC1. The van der Waals surface area contributed by atoms with E-state index in [1.165, 1.54) is 0 Å². The van der Waals surface area contributed by atoms with Gasteiger partial charge in [0.15, 0.2) is 0 Å². The van der Waals surface area contributed by atoms with Crippen molar-refractivity contribution in [1.82, 2.24) is 0 Å². The number of hydrogen-bond donors (Lipinski definition) is 1. The molecule has 1 aliphatic rings. The summed E-state index contributed by atoms with van der Waals surface area (Å²) in [5, 5.41) is 4.01. The maximum atomic E-state index is 13.0. The highest BCUT2D eigenvalue weighted by molar-refractivity contribution is 6.36. The van der Waals surface area contributed by atoms with Gasteiger partial charge in [0.2, 0.25) is 5.91 Å². The number of benzene rings is 2. The normalized spacial score (nSPS) is 16.5. The van der Waals surface area contributed by atoms with E-state index in [1.807, 2.05) is 30.3 Å². The average molecular weight is 334 g/mol. The predicted octanol–water partition coefficient (Wildman–Crippen LogP) is 5.44. The number of amides is 1. The van der Waals surface area contributed by atoms with Gasteiger partial charge in [-0.3, -0.25) is 4.79 Å². The van der Waals surface area contributed by atoms with E-state index in [0.717, 1.165) is 31.2 Å². The number of nitrogens with one attached hydrogen (secondary N) is 1. The van der Waals surface area contributed by atoms with Crippen LogP contribution in [0.4, 0.5) is 5.69 Å². The van der Waals surface area contributed by atoms with Crippen molar-refractivity contribution < 1.29 is 4.79 Å². The van der Waals surface area contributed by atoms with Crippen LogP contribution in [0.1, 0.15) is 31.2 Å². The standard InChI is InChI=1S/C18H17Cl2NO/c19-14-8-9-16(15(20)12-14)21-17(22)18(10-4-5-11-18)13-6-2-1-3-7-13/h1-3,6-9,12H,4-5,10-11H2,(H,21,22). The lowest BCUT2D eigenvalue weighted by molar-refractivity contribution is -0.121. The number of anilines is 1. The van der Waals surface area contributed by atoms with Crippen molar-refractivity contribution in [3.8, 4) is 0 Å². The van der Waals surface area contributed by atoms with E-state index in [0.29, 0.717) is 15.7 Å². The molecule has 0 saturated heterocycles. The highest BCUT2D eigenvalue weighted by Gasteiger charge is 2.42. The van der Waals surface area contributed by atoms with Gasteiger partial charge < -0.3 is 5.32 Å². The van der Waals surface area contributed by atoms with E-state index in [1.54, 1.807) is 18.2 Å². The van der Waals surface area contributed by atoms with E-state index in [4.69, 9.17) is 23.2 Å². The molecule has 0 unspecified atom stereocenters. The van der Waals surface area contributed by atoms with E-state index < -0.39 is 5.41 Å². The van der Waals surface area contributed by atoms with Crippen LogP contribution in [0.5, 0.6) is 0 Å². The maximum absolute atomic E-state index is 13.0. The molecule has 3 rings (SSSR count). The summed E-state index contributed by atoms with van der Waals surface area (Å²) in [5.41, 5.74) is 1.23. The van der Waals surface area contributed by atoms with Crippen LogP contribution in [-0.2, 0) is 10.2 Å². The third-order valence-electron chi connectivity index (χ3n) is 4.40. The third-order valence-corrected chi connectivity index (χ3v) is 4.95. The molecule has 0 spiro atoms. The second-order valence-corrected chi connectivity index (χ2v) is 6.58. The Morgan fingerprint density at radius 3 is 2.32 bits per heavy atom. The molecule has 22 heavy (non-hydrogen) atoms. The number of carbonyl (C=O) groups is 1. The van der Waals surface area contributed by atoms with Crippen molar-refractivity contribution in [2.75, 3.05) is 5.32 Å². The first kappa shape index (κ1) is 15.4. The minimum absolute atomic E-state index is 0.0143. The van der Waals surface area contributed by atoms with Crippen molar-refractivity contribution in [2.24, 2.45) is 0 Å². The first-order valence-corrected chi connectivity index (χ1v) is 8.19. The minimum Gasteiger partial charge on any atom is -0.324 e. The number of carbonyl (C=O) groups excluding carboxylic acids is 1. The number of rotatable bonds is 3. The Balaban J connectivity index is 1.91. The molecule has 0 aliphatic heterocycles. The molecule has 0 atom stereocenters. The molecule has 1 N–H and O–H groups in total. The Morgan fingerprint density at radius 1 is 1.00 bits per heavy atom. The molecule has 1 amide bonds. The van der Waals surface area contributed by atoms with Gasteiger partial charge in [-0.05, 0) is 36.6 Å². The first-order chi connectivity index (χ1) is 10.6. The van der Waals surface area contributed by atoms with Crippen LogP contribution in [0.25, 0.3) is 0 Å². The zero-order valence-electron chi connectivity index (χ0n) is 12.1. The molecule has 1 aliphatic carbocycles. The van der Waals surface area contributed by atoms with Gasteiger partial charge >= 0.3 is 0 Å². The van der Waals surface area contributed by atoms with E-state index >= 15 is 0 Å². The second-order valence-electron chi connectivity index (χ2n) is 5.73. The lowest BCUT2D eigenvalue weighted by Gasteiger charge is -2.28. The minimum atomic E-state index is -0.454. The Morgan fingerprint density at radius 2 is 1.68 bits per heavy atom. The van der Waals surface area contributed by atoms with Crippen LogP contribution in [0.15, 0.2) is 48.5 Å². The van der Waals surface area contributed by atoms with Crippen molar-refractivity contribution in [1.29, 1.82) is 0 Å². The van der Waals surface area contributed by atoms with Gasteiger partial charge in [0, 0.05) is 5.02 Å². The molecule has 114 valence electrons. The predicted molar refractivity (Wildman–Crippen MR) is 91.7 cm³/mol. The van der Waals surface area contributed by atoms with Crippen LogP contribution in [0.3, 0.4) is 0 Å². The summed E-state index contributed by atoms with van der Waals surface area (Å²) < 4.78 is 0. The Hall–Kier alpha value is -1.51. The second kappa shape index (κ2) is 6.31. The molecule has 4 heteroatoms. The van der Waals surface area contributed by atoms with Gasteiger partial charge in [0.25, 0.3) is 0 Å². The average Bonchev–Trinajstić information content (AvgIpc) is 3.02. The molecule has 0 radical (unpaired) electrons. The third kappa shape index (κ3) is 2.86. The smallest absolute Gasteiger partial charge is 0.235 e. The van der Waals surface area contributed by atoms with Crippen molar-refractivity contribution in [3.05, 3.63) is 64.1 Å². The van der Waals surface area contributed by atoms with Crippen molar-refractivity contribution in [2.45, 2.75) is 31.1 Å². The summed E-state index contributed by atoms with van der Waals surface area (Å²) in [6, 6.07) is 15.1. The molecule has 1 fully saturated rings. The summed E-state index contributed by atoms with van der Waals surface area (Å²) in [6.45, 7) is 0. The lowest BCUT2D eigenvalue weighted by atomic mass is 9.78. The van der Waals surface area contributed by atoms with Crippen LogP contribution >= 0.6 is 23.2 Å². The highest BCUT2D eigenvalue weighted by atomic mass is 35.5. The molecular formula is C18H17Cl2NO. The van der Waals surface area contributed by atoms with Crippen molar-refractivity contribution >= 4 is 34.8 Å². The number of halogens is 2. The van der Waals surface area contributed by atoms with Gasteiger partial charge in [-0.2, -0.15) is 0 Å². The Bertz CT molecular complexity index is 679. The van der Waals surface area contributed by atoms with Crippen LogP contribution in [0, 0.1) is 0 Å². The van der Waals surface area contributed by atoms with Gasteiger partial charge in [0.05, 0.1) is 16.1 Å². The lowest BCUT2D eigenvalue weighted by Crippen LogP contribution is -2.38.